The predicted molar refractivity (Wildman–Crippen MR) is 123 cm³/mol. The third-order valence-electron chi connectivity index (χ3n) is 4.77. The molecular formula is C23H21N5O6. The van der Waals surface area contributed by atoms with Gasteiger partial charge in [-0.05, 0) is 43.3 Å². The van der Waals surface area contributed by atoms with E-state index in [9.17, 15) is 9.59 Å². The highest BCUT2D eigenvalue weighted by Crippen LogP contribution is 2.37. The van der Waals surface area contributed by atoms with Gasteiger partial charge in [0.15, 0.2) is 17.3 Å². The number of methoxy groups -OCH3 is 2. The van der Waals surface area contributed by atoms with Gasteiger partial charge >= 0.3 is 6.03 Å². The maximum absolute atomic E-state index is 12.6. The van der Waals surface area contributed by atoms with Gasteiger partial charge in [0.25, 0.3) is 0 Å². The van der Waals surface area contributed by atoms with E-state index in [2.05, 4.69) is 20.9 Å². The van der Waals surface area contributed by atoms with Crippen LogP contribution in [0.1, 0.15) is 5.76 Å². The summed E-state index contributed by atoms with van der Waals surface area (Å²) >= 11 is 0. The molecule has 0 atom stereocenters. The van der Waals surface area contributed by atoms with Crippen LogP contribution in [0, 0.1) is 6.92 Å². The number of aryl methyl sites for hydroxylation is 1. The molecule has 2 aromatic heterocycles. The smallest absolute Gasteiger partial charge is 0.346 e. The Bertz CT molecular complexity index is 1320. The molecule has 0 saturated carbocycles. The van der Waals surface area contributed by atoms with E-state index in [-0.39, 0.29) is 5.82 Å². The fourth-order valence-electron chi connectivity index (χ4n) is 3.19. The number of urea groups is 1. The molecule has 0 saturated heterocycles. The lowest BCUT2D eigenvalue weighted by atomic mass is 10.2. The molecule has 0 aliphatic carbocycles. The van der Waals surface area contributed by atoms with Crippen LogP contribution in [0.3, 0.4) is 0 Å². The first-order valence-electron chi connectivity index (χ1n) is 10.0. The largest absolute Gasteiger partial charge is 0.493 e. The molecule has 0 aliphatic rings. The second-order valence-corrected chi connectivity index (χ2v) is 6.97. The van der Waals surface area contributed by atoms with Crippen molar-refractivity contribution in [3.63, 3.8) is 0 Å². The van der Waals surface area contributed by atoms with Gasteiger partial charge in [0.1, 0.15) is 17.3 Å². The number of rotatable bonds is 8. The van der Waals surface area contributed by atoms with Crippen molar-refractivity contribution in [2.24, 2.45) is 0 Å². The van der Waals surface area contributed by atoms with E-state index in [0.29, 0.717) is 46.4 Å². The molecule has 0 unspecified atom stereocenters. The fraction of sp³-hybridized carbons (Fsp3) is 0.130. The van der Waals surface area contributed by atoms with Crippen LogP contribution in [0.15, 0.2) is 59.3 Å². The number of hydrogen-bond acceptors (Lipinski definition) is 8. The summed E-state index contributed by atoms with van der Waals surface area (Å²) in [7, 11) is 3.12. The van der Waals surface area contributed by atoms with Gasteiger partial charge < -0.3 is 24.1 Å². The molecule has 11 nitrogen and oxygen atoms in total. The number of nitrogens with one attached hydrogen (secondary N) is 2. The molecule has 34 heavy (non-hydrogen) atoms. The van der Waals surface area contributed by atoms with E-state index in [0.717, 1.165) is 10.4 Å². The molecule has 4 rings (SSSR count). The molecule has 0 aliphatic heterocycles. The Morgan fingerprint density at radius 3 is 2.41 bits per heavy atom. The number of anilines is 2. The van der Waals surface area contributed by atoms with E-state index < -0.39 is 6.03 Å². The fourth-order valence-corrected chi connectivity index (χ4v) is 3.19. The summed E-state index contributed by atoms with van der Waals surface area (Å²) in [5.74, 6) is 2.86. The highest BCUT2D eigenvalue weighted by atomic mass is 16.5. The van der Waals surface area contributed by atoms with Gasteiger partial charge in [0.2, 0.25) is 6.41 Å². The number of ether oxygens (including phenoxy) is 3. The van der Waals surface area contributed by atoms with Crippen LogP contribution in [-0.2, 0) is 4.79 Å². The second-order valence-electron chi connectivity index (χ2n) is 6.97. The van der Waals surface area contributed by atoms with Gasteiger partial charge in [-0.15, -0.1) is 0 Å². The topological polar surface area (TPSA) is 128 Å². The SMILES string of the molecule is COc1cc2nccc(Oc3ccc(NC(=O)N(NC=O)c4cc(C)on4)cc3)c2cc1OC. The molecule has 0 bridgehead atoms. The number of carbonyl (C=O) groups is 2. The Morgan fingerprint density at radius 2 is 1.76 bits per heavy atom. The molecule has 2 aromatic carbocycles. The normalized spacial score (nSPS) is 10.4. The molecule has 0 spiro atoms. The number of benzene rings is 2. The summed E-state index contributed by atoms with van der Waals surface area (Å²) < 4.78 is 21.7. The second kappa shape index (κ2) is 9.77. The molecule has 174 valence electrons. The summed E-state index contributed by atoms with van der Waals surface area (Å²) in [6.07, 6.45) is 2.00. The van der Waals surface area contributed by atoms with Crippen molar-refractivity contribution >= 4 is 34.8 Å². The maximum atomic E-state index is 12.6. The third-order valence-corrected chi connectivity index (χ3v) is 4.77. The van der Waals surface area contributed by atoms with Crippen LogP contribution < -0.4 is 30.0 Å². The Labute approximate surface area is 194 Å². The van der Waals surface area contributed by atoms with Gasteiger partial charge in [-0.2, -0.15) is 5.01 Å². The number of fused-ring (bicyclic) bond motifs is 1. The zero-order valence-electron chi connectivity index (χ0n) is 18.6. The highest BCUT2D eigenvalue weighted by molar-refractivity contribution is 6.01. The molecule has 4 aromatic rings. The maximum Gasteiger partial charge on any atom is 0.346 e. The van der Waals surface area contributed by atoms with Crippen molar-refractivity contribution < 1.29 is 28.3 Å². The number of nitrogens with zero attached hydrogens (tertiary/aromatic N) is 3. The third kappa shape index (κ3) is 4.67. The number of hydrogen-bond donors (Lipinski definition) is 2. The lowest BCUT2D eigenvalue weighted by Crippen LogP contribution is -2.45. The van der Waals surface area contributed by atoms with Crippen LogP contribution in [0.25, 0.3) is 10.9 Å². The van der Waals surface area contributed by atoms with Crippen molar-refractivity contribution in [2.45, 2.75) is 6.92 Å². The summed E-state index contributed by atoms with van der Waals surface area (Å²) in [5.41, 5.74) is 3.44. The lowest BCUT2D eigenvalue weighted by molar-refractivity contribution is -0.109. The standard InChI is InChI=1S/C23H21N5O6/c1-14-10-22(27-34-14)28(25-13-29)23(30)26-15-4-6-16(7-5-15)33-19-8-9-24-18-12-21(32-3)20(31-2)11-17(18)19/h4-13H,1-3H3,(H,25,29)(H,26,30). The number of aromatic nitrogens is 2. The molecule has 2 heterocycles. The van der Waals surface area contributed by atoms with E-state index in [1.807, 2.05) is 0 Å². The minimum atomic E-state index is -0.629. The highest BCUT2D eigenvalue weighted by Gasteiger charge is 2.19. The summed E-state index contributed by atoms with van der Waals surface area (Å²) in [4.78, 5) is 27.9. The van der Waals surface area contributed by atoms with Gasteiger partial charge in [0.05, 0.1) is 19.7 Å². The molecular weight excluding hydrogens is 442 g/mol. The zero-order chi connectivity index (χ0) is 24.1. The number of hydrazine groups is 1. The van der Waals surface area contributed by atoms with Crippen molar-refractivity contribution in [1.29, 1.82) is 0 Å². The summed E-state index contributed by atoms with van der Waals surface area (Å²) in [5, 5.41) is 8.08. The van der Waals surface area contributed by atoms with E-state index in [4.69, 9.17) is 18.7 Å². The molecule has 0 radical (unpaired) electrons. The van der Waals surface area contributed by atoms with Crippen molar-refractivity contribution in [1.82, 2.24) is 15.6 Å². The Hall–Kier alpha value is -4.80. The Morgan fingerprint density at radius 1 is 1.03 bits per heavy atom. The van der Waals surface area contributed by atoms with Gasteiger partial charge in [0, 0.05) is 29.4 Å². The van der Waals surface area contributed by atoms with E-state index in [1.165, 1.54) is 6.07 Å². The summed E-state index contributed by atoms with van der Waals surface area (Å²) in [6, 6.07) is 12.9. The lowest BCUT2D eigenvalue weighted by Gasteiger charge is -2.18. The Kier molecular flexibility index (Phi) is 6.44. The molecule has 3 amide bonds. The van der Waals surface area contributed by atoms with Gasteiger partial charge in [-0.1, -0.05) is 5.16 Å². The van der Waals surface area contributed by atoms with Crippen molar-refractivity contribution in [2.75, 3.05) is 24.5 Å². The average Bonchev–Trinajstić information content (AvgIpc) is 3.28. The van der Waals surface area contributed by atoms with E-state index in [1.54, 1.807) is 69.8 Å². The first-order chi connectivity index (χ1) is 16.5. The number of amides is 3. The molecule has 2 N–H and O–H groups in total. The predicted octanol–water partition coefficient (Wildman–Crippen LogP) is 4.04. The average molecular weight is 463 g/mol. The van der Waals surface area contributed by atoms with Crippen LogP contribution in [0.5, 0.6) is 23.0 Å². The number of pyridine rings is 1. The van der Waals surface area contributed by atoms with Crippen LogP contribution in [-0.4, -0.2) is 36.8 Å². The van der Waals surface area contributed by atoms with Gasteiger partial charge in [-0.3, -0.25) is 15.2 Å². The van der Waals surface area contributed by atoms with Crippen LogP contribution in [0.4, 0.5) is 16.3 Å². The van der Waals surface area contributed by atoms with Crippen molar-refractivity contribution in [3.8, 4) is 23.0 Å². The van der Waals surface area contributed by atoms with E-state index >= 15 is 0 Å². The summed E-state index contributed by atoms with van der Waals surface area (Å²) in [6.45, 7) is 1.67. The van der Waals surface area contributed by atoms with Crippen LogP contribution >= 0.6 is 0 Å². The minimum Gasteiger partial charge on any atom is -0.493 e. The Balaban J connectivity index is 1.51. The number of carbonyl (C=O) groups excluding carboxylic acids is 2. The quantitative estimate of drug-likeness (QED) is 0.296. The first kappa shape index (κ1) is 22.4. The monoisotopic (exact) mass is 463 g/mol. The van der Waals surface area contributed by atoms with Crippen LogP contribution in [0.2, 0.25) is 0 Å². The van der Waals surface area contributed by atoms with Crippen molar-refractivity contribution in [3.05, 3.63) is 60.5 Å². The zero-order valence-corrected chi connectivity index (χ0v) is 18.6. The molecule has 11 heteroatoms. The first-order valence-corrected chi connectivity index (χ1v) is 10.0. The van der Waals surface area contributed by atoms with Gasteiger partial charge in [-0.25, -0.2) is 4.79 Å². The molecule has 0 fully saturated rings. The minimum absolute atomic E-state index is 0.138.